The highest BCUT2D eigenvalue weighted by Gasteiger charge is 2.28. The van der Waals surface area contributed by atoms with Gasteiger partial charge in [0.1, 0.15) is 16.5 Å². The monoisotopic (exact) mass is 373 g/mol. The third-order valence-electron chi connectivity index (χ3n) is 3.31. The van der Waals surface area contributed by atoms with Gasteiger partial charge < -0.3 is 9.84 Å². The van der Waals surface area contributed by atoms with Crippen LogP contribution in [-0.2, 0) is 10.0 Å². The second-order valence-corrected chi connectivity index (χ2v) is 7.06. The minimum absolute atomic E-state index is 0.220. The summed E-state index contributed by atoms with van der Waals surface area (Å²) in [5, 5.41) is 8.56. The smallest absolute Gasteiger partial charge is 0.338 e. The third kappa shape index (κ3) is 3.15. The van der Waals surface area contributed by atoms with Gasteiger partial charge in [-0.05, 0) is 24.3 Å². The lowest BCUT2D eigenvalue weighted by molar-refractivity contribution is 0.0691. The molecule has 0 aliphatic carbocycles. The van der Waals surface area contributed by atoms with Gasteiger partial charge in [-0.25, -0.2) is 17.6 Å². The number of hydrogen-bond acceptors (Lipinski definition) is 4. The highest BCUT2D eigenvalue weighted by molar-refractivity contribution is 7.93. The molecule has 2 rings (SSSR count). The summed E-state index contributed by atoms with van der Waals surface area (Å²) in [7, 11) is -1.60. The van der Waals surface area contributed by atoms with Gasteiger partial charge in [-0.1, -0.05) is 23.7 Å². The Labute approximate surface area is 143 Å². The number of methoxy groups -OCH3 is 1. The van der Waals surface area contributed by atoms with Crippen LogP contribution in [0.5, 0.6) is 5.75 Å². The van der Waals surface area contributed by atoms with Gasteiger partial charge in [0.2, 0.25) is 0 Å². The molecule has 0 aromatic heterocycles. The molecular weight excluding hydrogens is 361 g/mol. The summed E-state index contributed by atoms with van der Waals surface area (Å²) in [6.07, 6.45) is 0. The van der Waals surface area contributed by atoms with Crippen LogP contribution in [0.4, 0.5) is 10.1 Å². The molecule has 0 bridgehead atoms. The number of hydrogen-bond donors (Lipinski definition) is 1. The molecule has 24 heavy (non-hydrogen) atoms. The molecule has 0 heterocycles. The first-order valence-corrected chi connectivity index (χ1v) is 8.36. The Morgan fingerprint density at radius 1 is 1.29 bits per heavy atom. The molecule has 0 aliphatic rings. The van der Waals surface area contributed by atoms with Crippen molar-refractivity contribution in [3.8, 4) is 5.75 Å². The van der Waals surface area contributed by atoms with Crippen LogP contribution in [0.2, 0.25) is 5.02 Å². The maximum Gasteiger partial charge on any atom is 0.338 e. The van der Waals surface area contributed by atoms with Gasteiger partial charge >= 0.3 is 5.97 Å². The lowest BCUT2D eigenvalue weighted by atomic mass is 10.2. The molecule has 0 radical (unpaired) electrons. The highest BCUT2D eigenvalue weighted by Crippen LogP contribution is 2.34. The summed E-state index contributed by atoms with van der Waals surface area (Å²) in [4.78, 5) is 10.5. The normalized spacial score (nSPS) is 11.2. The topological polar surface area (TPSA) is 83.9 Å². The minimum atomic E-state index is -4.24. The average molecular weight is 374 g/mol. The van der Waals surface area contributed by atoms with Gasteiger partial charge in [0, 0.05) is 7.05 Å². The van der Waals surface area contributed by atoms with E-state index in [0.29, 0.717) is 17.9 Å². The lowest BCUT2D eigenvalue weighted by Crippen LogP contribution is -2.27. The second-order valence-electron chi connectivity index (χ2n) is 4.71. The zero-order valence-electron chi connectivity index (χ0n) is 12.7. The fourth-order valence-corrected chi connectivity index (χ4v) is 3.78. The van der Waals surface area contributed by atoms with Gasteiger partial charge in [0.25, 0.3) is 10.0 Å². The van der Waals surface area contributed by atoms with E-state index in [4.69, 9.17) is 21.4 Å². The van der Waals surface area contributed by atoms with Crippen LogP contribution < -0.4 is 9.04 Å². The minimum Gasteiger partial charge on any atom is -0.495 e. The number of aromatic carboxylic acids is 1. The number of benzene rings is 2. The Bertz CT molecular complexity index is 901. The van der Waals surface area contributed by atoms with Gasteiger partial charge in [-0.3, -0.25) is 4.31 Å². The van der Waals surface area contributed by atoms with Crippen LogP contribution in [0.25, 0.3) is 0 Å². The van der Waals surface area contributed by atoms with E-state index in [-0.39, 0.29) is 5.69 Å². The van der Waals surface area contributed by atoms with Crippen LogP contribution in [-0.4, -0.2) is 33.7 Å². The number of halogens is 2. The van der Waals surface area contributed by atoms with Crippen molar-refractivity contribution in [2.75, 3.05) is 18.5 Å². The molecule has 128 valence electrons. The van der Waals surface area contributed by atoms with Crippen molar-refractivity contribution in [1.29, 1.82) is 0 Å². The molecule has 9 heteroatoms. The molecule has 0 saturated carbocycles. The highest BCUT2D eigenvalue weighted by atomic mass is 35.5. The number of anilines is 1. The number of carboxylic acid groups (broad SMARTS) is 1. The predicted molar refractivity (Wildman–Crippen MR) is 87.0 cm³/mol. The molecule has 2 aromatic rings. The number of ether oxygens (including phenoxy) is 1. The van der Waals surface area contributed by atoms with E-state index in [1.807, 2.05) is 0 Å². The van der Waals surface area contributed by atoms with E-state index in [0.717, 1.165) is 4.31 Å². The van der Waals surface area contributed by atoms with Crippen molar-refractivity contribution in [2.24, 2.45) is 0 Å². The maximum atomic E-state index is 13.6. The summed E-state index contributed by atoms with van der Waals surface area (Å²) in [6, 6.07) is 7.70. The van der Waals surface area contributed by atoms with E-state index in [9.17, 15) is 17.6 Å². The Hall–Kier alpha value is -2.32. The Morgan fingerprint density at radius 3 is 2.50 bits per heavy atom. The lowest BCUT2D eigenvalue weighted by Gasteiger charge is -2.22. The van der Waals surface area contributed by atoms with Crippen LogP contribution in [0.15, 0.2) is 41.3 Å². The third-order valence-corrected chi connectivity index (χ3v) is 5.55. The zero-order chi connectivity index (χ0) is 18.1. The number of para-hydroxylation sites is 2. The first-order valence-electron chi connectivity index (χ1n) is 6.54. The Balaban J connectivity index is 2.62. The van der Waals surface area contributed by atoms with Crippen molar-refractivity contribution in [1.82, 2.24) is 0 Å². The summed E-state index contributed by atoms with van der Waals surface area (Å²) in [5.74, 6) is -2.42. The molecule has 0 spiro atoms. The Kier molecular flexibility index (Phi) is 5.00. The van der Waals surface area contributed by atoms with Crippen LogP contribution in [0.1, 0.15) is 10.4 Å². The van der Waals surface area contributed by atoms with Crippen molar-refractivity contribution >= 4 is 33.3 Å². The molecule has 0 aliphatic heterocycles. The summed E-state index contributed by atoms with van der Waals surface area (Å²) < 4.78 is 45.2. The standard InChI is InChI=1S/C15H13ClFNO5S/c1-18(12-5-3-4-6-13(12)23-2)24(21,22)14-7-9(15(19)20)11(17)8-10(14)16/h3-8H,1-2H3,(H,19,20). The number of carbonyl (C=O) groups is 1. The zero-order valence-corrected chi connectivity index (χ0v) is 14.2. The molecule has 0 unspecified atom stereocenters. The molecule has 1 N–H and O–H groups in total. The van der Waals surface area contributed by atoms with Crippen LogP contribution in [0.3, 0.4) is 0 Å². The number of nitrogens with zero attached hydrogens (tertiary/aromatic N) is 1. The van der Waals surface area contributed by atoms with Crippen molar-refractivity contribution < 1.29 is 27.4 Å². The fourth-order valence-electron chi connectivity index (χ4n) is 2.06. The van der Waals surface area contributed by atoms with E-state index in [2.05, 4.69) is 0 Å². The van der Waals surface area contributed by atoms with E-state index in [1.165, 1.54) is 20.2 Å². The van der Waals surface area contributed by atoms with Gasteiger partial charge in [0.05, 0.1) is 23.4 Å². The van der Waals surface area contributed by atoms with Gasteiger partial charge in [0.15, 0.2) is 0 Å². The summed E-state index contributed by atoms with van der Waals surface area (Å²) >= 11 is 5.83. The predicted octanol–water partition coefficient (Wildman–Crippen LogP) is 3.01. The second kappa shape index (κ2) is 6.66. The van der Waals surface area contributed by atoms with Gasteiger partial charge in [-0.15, -0.1) is 0 Å². The first kappa shape index (κ1) is 18.0. The van der Waals surface area contributed by atoms with E-state index < -0.39 is 37.3 Å². The number of rotatable bonds is 5. The molecular formula is C15H13ClFNO5S. The van der Waals surface area contributed by atoms with E-state index >= 15 is 0 Å². The van der Waals surface area contributed by atoms with Gasteiger partial charge in [-0.2, -0.15) is 0 Å². The first-order chi connectivity index (χ1) is 11.2. The van der Waals surface area contributed by atoms with Crippen LogP contribution >= 0.6 is 11.6 Å². The maximum absolute atomic E-state index is 13.6. The SMILES string of the molecule is COc1ccccc1N(C)S(=O)(=O)c1cc(C(=O)O)c(F)cc1Cl. The largest absolute Gasteiger partial charge is 0.495 e. The molecule has 0 fully saturated rings. The fraction of sp³-hybridized carbons (Fsp3) is 0.133. The quantitative estimate of drug-likeness (QED) is 0.870. The molecule has 0 atom stereocenters. The van der Waals surface area contributed by atoms with E-state index in [1.54, 1.807) is 18.2 Å². The molecule has 2 aromatic carbocycles. The number of sulfonamides is 1. The summed E-state index contributed by atoms with van der Waals surface area (Å²) in [5.41, 5.74) is -0.566. The molecule has 0 amide bonds. The summed E-state index contributed by atoms with van der Waals surface area (Å²) in [6.45, 7) is 0. The average Bonchev–Trinajstić information content (AvgIpc) is 2.53. The van der Waals surface area contributed by atoms with Crippen molar-refractivity contribution in [2.45, 2.75) is 4.90 Å². The number of carboxylic acids is 1. The molecule has 0 saturated heterocycles. The van der Waals surface area contributed by atoms with Crippen molar-refractivity contribution in [3.05, 3.63) is 52.8 Å². The Morgan fingerprint density at radius 2 is 1.92 bits per heavy atom. The molecule has 6 nitrogen and oxygen atoms in total. The van der Waals surface area contributed by atoms with Crippen molar-refractivity contribution in [3.63, 3.8) is 0 Å². The van der Waals surface area contributed by atoms with Crippen LogP contribution in [0, 0.1) is 5.82 Å².